The van der Waals surface area contributed by atoms with E-state index in [2.05, 4.69) is 140 Å². The molecule has 1 unspecified atom stereocenters. The Morgan fingerprint density at radius 2 is 0.844 bits per heavy atom. The fourth-order valence-corrected chi connectivity index (χ4v) is 5.88. The molecule has 0 heterocycles. The molecule has 0 bridgehead atoms. The monoisotopic (exact) mass is 604 g/mol. The van der Waals surface area contributed by atoms with Gasteiger partial charge in [-0.05, 0) is 112 Å². The van der Waals surface area contributed by atoms with Crippen molar-refractivity contribution in [2.45, 2.75) is 102 Å². The van der Waals surface area contributed by atoms with Gasteiger partial charge in [0.2, 0.25) is 0 Å². The molecule has 4 aromatic carbocycles. The Labute approximate surface area is 276 Å². The lowest BCUT2D eigenvalue weighted by Gasteiger charge is -2.35. The van der Waals surface area contributed by atoms with E-state index in [1.165, 1.54) is 44.2 Å². The summed E-state index contributed by atoms with van der Waals surface area (Å²) in [6, 6.07) is 27.7. The first kappa shape index (κ1) is 39.2. The van der Waals surface area contributed by atoms with Gasteiger partial charge in [-0.25, -0.2) is 0 Å². The molecule has 1 atom stereocenters. The van der Waals surface area contributed by atoms with Crippen molar-refractivity contribution < 1.29 is 5.11 Å². The average molecular weight is 605 g/mol. The molecule has 1 fully saturated rings. The lowest BCUT2D eigenvalue weighted by molar-refractivity contribution is 0.469. The maximum Gasteiger partial charge on any atom is 0.116 e. The molecule has 1 aliphatic carbocycles. The highest BCUT2D eigenvalue weighted by atomic mass is 16.3. The number of rotatable bonds is 2. The van der Waals surface area contributed by atoms with Crippen molar-refractivity contribution in [3.05, 3.63) is 137 Å². The largest absolute Gasteiger partial charge is 0.508 e. The summed E-state index contributed by atoms with van der Waals surface area (Å²) in [7, 11) is 0. The van der Waals surface area contributed by atoms with E-state index in [1.54, 1.807) is 6.07 Å². The first-order chi connectivity index (χ1) is 21.6. The van der Waals surface area contributed by atoms with Crippen LogP contribution in [0.2, 0.25) is 0 Å². The molecule has 1 saturated carbocycles. The van der Waals surface area contributed by atoms with Gasteiger partial charge in [0.15, 0.2) is 0 Å². The topological polar surface area (TPSA) is 20.2 Å². The van der Waals surface area contributed by atoms with Crippen molar-refractivity contribution in [3.8, 4) is 5.75 Å². The molecule has 0 aromatic heterocycles. The van der Waals surface area contributed by atoms with Crippen LogP contribution in [0.5, 0.6) is 5.75 Å². The van der Waals surface area contributed by atoms with Crippen LogP contribution in [0.15, 0.2) is 125 Å². The molecular weight excluding hydrogens is 544 g/mol. The molecule has 0 spiro atoms. The van der Waals surface area contributed by atoms with Crippen molar-refractivity contribution in [3.63, 3.8) is 0 Å². The number of hydrogen-bond acceptors (Lipinski definition) is 1. The van der Waals surface area contributed by atoms with Crippen molar-refractivity contribution in [1.29, 1.82) is 0 Å². The third-order valence-electron chi connectivity index (χ3n) is 7.27. The number of hydrogen-bond donors (Lipinski definition) is 1. The molecular formula is C44H60O. The fraction of sp³-hybridized carbons (Fsp3) is 0.364. The zero-order valence-corrected chi connectivity index (χ0v) is 30.8. The third-order valence-corrected chi connectivity index (χ3v) is 7.27. The molecule has 5 rings (SSSR count). The Morgan fingerprint density at radius 1 is 0.489 bits per heavy atom. The van der Waals surface area contributed by atoms with Crippen molar-refractivity contribution >= 4 is 21.5 Å². The van der Waals surface area contributed by atoms with Gasteiger partial charge >= 0.3 is 0 Å². The van der Waals surface area contributed by atoms with Gasteiger partial charge in [0.25, 0.3) is 0 Å². The van der Waals surface area contributed by atoms with E-state index < -0.39 is 5.41 Å². The highest BCUT2D eigenvalue weighted by molar-refractivity contribution is 5.89. The molecule has 242 valence electrons. The van der Waals surface area contributed by atoms with Crippen LogP contribution < -0.4 is 0 Å². The molecule has 1 nitrogen and oxygen atoms in total. The molecule has 0 aliphatic heterocycles. The van der Waals surface area contributed by atoms with Crippen LogP contribution in [-0.2, 0) is 5.41 Å². The number of allylic oxidation sites excluding steroid dienone is 8. The van der Waals surface area contributed by atoms with Crippen molar-refractivity contribution in [2.75, 3.05) is 0 Å². The Balaban J connectivity index is 0.000000815. The predicted octanol–water partition coefficient (Wildman–Crippen LogP) is 13.9. The van der Waals surface area contributed by atoms with Crippen LogP contribution in [0, 0.1) is 5.41 Å². The minimum absolute atomic E-state index is 0.293. The van der Waals surface area contributed by atoms with Crippen LogP contribution in [0.1, 0.15) is 108 Å². The molecule has 1 heteroatoms. The second-order valence-electron chi connectivity index (χ2n) is 11.9. The summed E-state index contributed by atoms with van der Waals surface area (Å²) >= 11 is 0. The van der Waals surface area contributed by atoms with E-state index in [9.17, 15) is 5.11 Å². The van der Waals surface area contributed by atoms with Gasteiger partial charge in [-0.3, -0.25) is 0 Å². The van der Waals surface area contributed by atoms with Gasteiger partial charge in [-0.2, -0.15) is 0 Å². The van der Waals surface area contributed by atoms with Crippen LogP contribution in [0.3, 0.4) is 0 Å². The van der Waals surface area contributed by atoms with Crippen molar-refractivity contribution in [1.82, 2.24) is 0 Å². The zero-order valence-electron chi connectivity index (χ0n) is 30.8. The first-order valence-electron chi connectivity index (χ1n) is 17.0. The predicted molar refractivity (Wildman–Crippen MR) is 205 cm³/mol. The van der Waals surface area contributed by atoms with Gasteiger partial charge in [0.1, 0.15) is 5.75 Å². The maximum absolute atomic E-state index is 10.0. The van der Waals surface area contributed by atoms with E-state index in [-0.39, 0.29) is 0 Å². The SMILES string of the molecule is CC.CC.CC.CC(C)(C)C.CC=C1C(=C/C)/C(=C\C)C(c2ccc3ccccc3c2)(c2ccc3cc(O)ccc3c2)/C1=C/C. The summed E-state index contributed by atoms with van der Waals surface area (Å²) in [6.07, 6.45) is 9.06. The van der Waals surface area contributed by atoms with Crippen molar-refractivity contribution in [2.24, 2.45) is 5.41 Å². The number of fused-ring (bicyclic) bond motifs is 2. The number of aromatic hydroxyl groups is 1. The van der Waals surface area contributed by atoms with Gasteiger partial charge in [0, 0.05) is 0 Å². The van der Waals surface area contributed by atoms with Crippen LogP contribution in [0.25, 0.3) is 21.5 Å². The number of phenols is 1. The minimum atomic E-state index is -0.427. The zero-order chi connectivity index (χ0) is 34.4. The van der Waals surface area contributed by atoms with E-state index in [4.69, 9.17) is 0 Å². The Bertz CT molecular complexity index is 1590. The molecule has 0 saturated heterocycles. The summed E-state index contributed by atoms with van der Waals surface area (Å²) in [5.74, 6) is 0.293. The summed E-state index contributed by atoms with van der Waals surface area (Å²) < 4.78 is 0. The molecule has 0 amide bonds. The highest BCUT2D eigenvalue weighted by Crippen LogP contribution is 2.59. The molecule has 0 radical (unpaired) electrons. The van der Waals surface area contributed by atoms with Crippen LogP contribution >= 0.6 is 0 Å². The summed E-state index contributed by atoms with van der Waals surface area (Å²) in [5.41, 5.74) is 7.77. The number of phenolic OH excluding ortho intramolecular Hbond substituents is 1. The normalized spacial score (nSPS) is 19.2. The van der Waals surface area contributed by atoms with Gasteiger partial charge in [0.05, 0.1) is 5.41 Å². The standard InChI is InChI=1S/C33H30O.C5H12.3C2H6/c1-5-29-30(6-2)32(8-4)33(31(29)7-3,26-16-13-22-11-9-10-12-23(22)19-26)27-17-14-25-21-28(34)18-15-24(25)20-27;1-5(2,3)4;3*1-2/h5-21,34H,1-4H3;1-4H3;3*1-2H3/b29-5-,30-6?,31-7+,32-8+;;;;. The summed E-state index contributed by atoms with van der Waals surface area (Å²) in [6.45, 7) is 29.3. The summed E-state index contributed by atoms with van der Waals surface area (Å²) in [4.78, 5) is 0. The quantitative estimate of drug-likeness (QED) is 0.241. The van der Waals surface area contributed by atoms with Gasteiger partial charge < -0.3 is 5.11 Å². The van der Waals surface area contributed by atoms with E-state index in [0.29, 0.717) is 11.2 Å². The Hall–Kier alpha value is -3.84. The summed E-state index contributed by atoms with van der Waals surface area (Å²) in [5, 5.41) is 14.6. The van der Waals surface area contributed by atoms with E-state index >= 15 is 0 Å². The lowest BCUT2D eigenvalue weighted by Crippen LogP contribution is -2.28. The van der Waals surface area contributed by atoms with Gasteiger partial charge in [-0.15, -0.1) is 0 Å². The second kappa shape index (κ2) is 18.2. The Kier molecular flexibility index (Phi) is 15.9. The molecule has 4 aromatic rings. The average Bonchev–Trinajstić information content (AvgIpc) is 3.35. The second-order valence-corrected chi connectivity index (χ2v) is 11.9. The third kappa shape index (κ3) is 8.66. The molecule has 45 heavy (non-hydrogen) atoms. The number of benzene rings is 4. The van der Waals surface area contributed by atoms with Crippen LogP contribution in [0.4, 0.5) is 0 Å². The van der Waals surface area contributed by atoms with Crippen LogP contribution in [-0.4, -0.2) is 5.11 Å². The smallest absolute Gasteiger partial charge is 0.116 e. The fourth-order valence-electron chi connectivity index (χ4n) is 5.88. The highest BCUT2D eigenvalue weighted by Gasteiger charge is 2.49. The Morgan fingerprint density at radius 3 is 1.27 bits per heavy atom. The molecule has 1 N–H and O–H groups in total. The van der Waals surface area contributed by atoms with E-state index in [1.807, 2.05) is 53.7 Å². The molecule has 1 aliphatic rings. The first-order valence-corrected chi connectivity index (χ1v) is 17.0. The lowest BCUT2D eigenvalue weighted by atomic mass is 9.66. The van der Waals surface area contributed by atoms with Gasteiger partial charge in [-0.1, -0.05) is 148 Å². The van der Waals surface area contributed by atoms with E-state index in [0.717, 1.165) is 10.8 Å². The maximum atomic E-state index is 10.0. The minimum Gasteiger partial charge on any atom is -0.508 e.